The van der Waals surface area contributed by atoms with Crippen LogP contribution >= 0.6 is 0 Å². The number of anilines is 3. The fraction of sp³-hybridized carbons (Fsp3) is 0.0270. The van der Waals surface area contributed by atoms with Crippen LogP contribution in [-0.2, 0) is 10.8 Å². The molecule has 0 bridgehead atoms. The molecule has 1 aliphatic heterocycles. The molecule has 358 valence electrons. The first kappa shape index (κ1) is 42.4. The Morgan fingerprint density at radius 3 is 1.70 bits per heavy atom. The largest absolute Gasteiger partial charge is 0.456 e. The summed E-state index contributed by atoms with van der Waals surface area (Å²) >= 11 is 0. The highest BCUT2D eigenvalue weighted by Gasteiger charge is 2.52. The summed E-state index contributed by atoms with van der Waals surface area (Å²) in [6, 6.07) is 104. The van der Waals surface area contributed by atoms with E-state index >= 15 is 0 Å². The maximum atomic E-state index is 6.28. The minimum atomic E-state index is -0.616. The average molecular weight is 979 g/mol. The minimum Gasteiger partial charge on any atom is -0.456 e. The van der Waals surface area contributed by atoms with E-state index in [0.29, 0.717) is 0 Å². The van der Waals surface area contributed by atoms with Crippen molar-refractivity contribution in [2.45, 2.75) is 10.8 Å². The first-order valence-electron chi connectivity index (χ1n) is 26.7. The number of rotatable bonds is 6. The number of para-hydroxylation sites is 4. The Morgan fingerprint density at radius 2 is 0.896 bits per heavy atom. The van der Waals surface area contributed by atoms with E-state index in [1.807, 2.05) is 12.1 Å². The second kappa shape index (κ2) is 15.8. The lowest BCUT2D eigenvalue weighted by Gasteiger charge is -2.40. The number of benzene rings is 12. The molecule has 0 saturated heterocycles. The Bertz CT molecular complexity index is 4710. The third kappa shape index (κ3) is 5.54. The molecule has 1 atom stereocenters. The molecule has 0 fully saturated rings. The van der Waals surface area contributed by atoms with Crippen molar-refractivity contribution in [3.05, 3.63) is 324 Å². The molecule has 3 heteroatoms. The second-order valence-electron chi connectivity index (χ2n) is 21.0. The minimum absolute atomic E-state index is 0.567. The van der Waals surface area contributed by atoms with Gasteiger partial charge >= 0.3 is 0 Å². The fourth-order valence-electron chi connectivity index (χ4n) is 14.5. The molecule has 3 heterocycles. The number of furan rings is 1. The van der Waals surface area contributed by atoms with Gasteiger partial charge in [-0.05, 0) is 133 Å². The molecule has 0 amide bonds. The normalized spacial score (nSPS) is 15.2. The van der Waals surface area contributed by atoms with Gasteiger partial charge in [0.2, 0.25) is 0 Å². The van der Waals surface area contributed by atoms with Crippen LogP contribution in [0.25, 0.3) is 82.8 Å². The molecule has 1 unspecified atom stereocenters. The van der Waals surface area contributed by atoms with E-state index < -0.39 is 10.8 Å². The molecule has 0 radical (unpaired) electrons. The first-order valence-corrected chi connectivity index (χ1v) is 26.7. The maximum Gasteiger partial charge on any atom is 0.135 e. The highest BCUT2D eigenvalue weighted by Crippen LogP contribution is 2.63. The molecule has 3 aliphatic rings. The quantitative estimate of drug-likeness (QED) is 0.166. The summed E-state index contributed by atoms with van der Waals surface area (Å²) in [6.07, 6.45) is 0. The monoisotopic (exact) mass is 978 g/mol. The number of fused-ring (bicyclic) bond motifs is 18. The van der Waals surface area contributed by atoms with Crippen LogP contribution in [-0.4, -0.2) is 4.57 Å². The zero-order valence-corrected chi connectivity index (χ0v) is 41.9. The molecule has 17 rings (SSSR count). The molecule has 2 aromatic heterocycles. The molecule has 12 aromatic carbocycles. The standard InChI is InChI=1S/C74H46N2O/c1-3-19-49(20-4-1)73(50-21-5-2-6-22-50)61-29-12-8-26-58(61)71-63(73)31-18-35-68(71)75(51-40-37-47(38-41-51)48-39-44-70-59(45-48)56-25-10-16-36-69(56)77-70)52-42-43-54-53-23-7-11-28-60(53)74(65(54)46-52)62-30-13-15-34-67(62)76-66-33-14-9-24-55(66)57-27-17-32-64(74)72(57)76/h1-46H. The van der Waals surface area contributed by atoms with Crippen molar-refractivity contribution in [3.8, 4) is 39.1 Å². The Balaban J connectivity index is 0.943. The zero-order chi connectivity index (χ0) is 50.4. The summed E-state index contributed by atoms with van der Waals surface area (Å²) in [5.74, 6) is 0. The molecule has 2 aliphatic carbocycles. The van der Waals surface area contributed by atoms with E-state index in [0.717, 1.165) is 50.1 Å². The summed E-state index contributed by atoms with van der Waals surface area (Å²) in [4.78, 5) is 2.54. The molecule has 14 aromatic rings. The summed E-state index contributed by atoms with van der Waals surface area (Å²) < 4.78 is 8.81. The predicted octanol–water partition coefficient (Wildman–Crippen LogP) is 18.9. The van der Waals surface area contributed by atoms with E-state index in [4.69, 9.17) is 4.42 Å². The third-order valence-electron chi connectivity index (χ3n) is 17.5. The van der Waals surface area contributed by atoms with Gasteiger partial charge in [0.05, 0.1) is 33.2 Å². The van der Waals surface area contributed by atoms with Gasteiger partial charge in [-0.1, -0.05) is 218 Å². The topological polar surface area (TPSA) is 21.3 Å². The van der Waals surface area contributed by atoms with Gasteiger partial charge in [0, 0.05) is 38.5 Å². The lowest BCUT2D eigenvalue weighted by molar-refractivity contribution is 0.669. The van der Waals surface area contributed by atoms with E-state index in [9.17, 15) is 0 Å². The van der Waals surface area contributed by atoms with Gasteiger partial charge in [0.15, 0.2) is 0 Å². The number of aromatic nitrogens is 1. The Hall–Kier alpha value is -9.96. The van der Waals surface area contributed by atoms with Crippen molar-refractivity contribution in [3.63, 3.8) is 0 Å². The Morgan fingerprint density at radius 1 is 0.325 bits per heavy atom. The lowest BCUT2D eigenvalue weighted by atomic mass is 9.65. The van der Waals surface area contributed by atoms with Gasteiger partial charge in [-0.3, -0.25) is 0 Å². The van der Waals surface area contributed by atoms with E-state index in [1.165, 1.54) is 94.3 Å². The van der Waals surface area contributed by atoms with Gasteiger partial charge in [-0.15, -0.1) is 0 Å². The van der Waals surface area contributed by atoms with Gasteiger partial charge < -0.3 is 13.9 Å². The molecule has 0 saturated carbocycles. The van der Waals surface area contributed by atoms with E-state index in [2.05, 4.69) is 276 Å². The van der Waals surface area contributed by atoms with Crippen molar-refractivity contribution in [1.82, 2.24) is 4.57 Å². The highest BCUT2D eigenvalue weighted by molar-refractivity contribution is 6.13. The van der Waals surface area contributed by atoms with Gasteiger partial charge in [0.25, 0.3) is 0 Å². The average Bonchev–Trinajstić information content (AvgIpc) is 4.40. The molecule has 77 heavy (non-hydrogen) atoms. The number of hydrogen-bond acceptors (Lipinski definition) is 2. The van der Waals surface area contributed by atoms with Crippen LogP contribution in [0.15, 0.2) is 283 Å². The lowest BCUT2D eigenvalue weighted by Crippen LogP contribution is -2.33. The van der Waals surface area contributed by atoms with Crippen LogP contribution in [0.4, 0.5) is 17.1 Å². The molecule has 0 N–H and O–H groups in total. The van der Waals surface area contributed by atoms with Crippen molar-refractivity contribution in [2.24, 2.45) is 0 Å². The van der Waals surface area contributed by atoms with Crippen LogP contribution in [0.5, 0.6) is 0 Å². The first-order chi connectivity index (χ1) is 38.2. The number of hydrogen-bond donors (Lipinski definition) is 0. The van der Waals surface area contributed by atoms with E-state index in [1.54, 1.807) is 0 Å². The van der Waals surface area contributed by atoms with Crippen LogP contribution in [0, 0.1) is 0 Å². The summed E-state index contributed by atoms with van der Waals surface area (Å²) in [7, 11) is 0. The van der Waals surface area contributed by atoms with E-state index in [-0.39, 0.29) is 0 Å². The Kier molecular flexibility index (Phi) is 8.69. The number of nitrogens with zero attached hydrogens (tertiary/aromatic N) is 2. The van der Waals surface area contributed by atoms with Gasteiger partial charge in [-0.25, -0.2) is 0 Å². The van der Waals surface area contributed by atoms with Crippen LogP contribution < -0.4 is 4.90 Å². The Labute approximate surface area is 445 Å². The maximum absolute atomic E-state index is 6.28. The SMILES string of the molecule is c1ccc(C2(c3ccccc3)c3ccccc3-c3c(N(c4ccc(-c5ccc6oc7ccccc7c6c5)cc4)c4ccc5c(c4)C4(c6ccccc6-5)c5ccccc5-n5c6ccccc6c6cccc4c65)cccc32)cc1. The fourth-order valence-corrected chi connectivity index (χ4v) is 14.5. The molecular weight excluding hydrogens is 933 g/mol. The van der Waals surface area contributed by atoms with Gasteiger partial charge in [-0.2, -0.15) is 0 Å². The van der Waals surface area contributed by atoms with Crippen molar-refractivity contribution < 1.29 is 4.42 Å². The van der Waals surface area contributed by atoms with Crippen molar-refractivity contribution in [1.29, 1.82) is 0 Å². The predicted molar refractivity (Wildman–Crippen MR) is 316 cm³/mol. The zero-order valence-electron chi connectivity index (χ0n) is 41.9. The van der Waals surface area contributed by atoms with Gasteiger partial charge in [0.1, 0.15) is 11.2 Å². The summed E-state index contributed by atoms with van der Waals surface area (Å²) in [5.41, 5.74) is 25.1. The highest BCUT2D eigenvalue weighted by atomic mass is 16.3. The van der Waals surface area contributed by atoms with Crippen LogP contribution in [0.2, 0.25) is 0 Å². The second-order valence-corrected chi connectivity index (χ2v) is 21.0. The summed E-state index contributed by atoms with van der Waals surface area (Å²) in [6.45, 7) is 0. The van der Waals surface area contributed by atoms with Crippen LogP contribution in [0.1, 0.15) is 44.5 Å². The third-order valence-corrected chi connectivity index (χ3v) is 17.5. The van der Waals surface area contributed by atoms with Crippen molar-refractivity contribution in [2.75, 3.05) is 4.90 Å². The smallest absolute Gasteiger partial charge is 0.135 e. The molecule has 1 spiro atoms. The van der Waals surface area contributed by atoms with Crippen molar-refractivity contribution >= 4 is 60.8 Å². The summed E-state index contributed by atoms with van der Waals surface area (Å²) in [5, 5.41) is 4.79. The molecule has 3 nitrogen and oxygen atoms in total. The molecular formula is C74H46N2O. The van der Waals surface area contributed by atoms with Crippen LogP contribution in [0.3, 0.4) is 0 Å².